The van der Waals surface area contributed by atoms with Crippen LogP contribution < -0.4 is 9.47 Å². The van der Waals surface area contributed by atoms with Crippen LogP contribution in [0.15, 0.2) is 6.07 Å². The highest BCUT2D eigenvalue weighted by atomic mass is 16.6. The normalized spacial score (nSPS) is 12.1. The number of aliphatic hydroxyl groups excluding tert-OH is 1. The van der Waals surface area contributed by atoms with Crippen molar-refractivity contribution in [2.45, 2.75) is 13.5 Å². The third-order valence-corrected chi connectivity index (χ3v) is 4.22. The molecule has 3 rings (SSSR count). The maximum atomic E-state index is 12.6. The van der Waals surface area contributed by atoms with Gasteiger partial charge in [-0.25, -0.2) is 9.59 Å². The standard InChI is InChI=1S/C18H12O10/c1-6-2-10(22)7(3-19)14-11(6)18(26)28-16-9(5-21)13(23)12(17(24)25)8(4-20)15(16)27-14/h2-4,21-23H,5H2,1H3,(H,24,25). The summed E-state index contributed by atoms with van der Waals surface area (Å²) in [6, 6.07) is 1.12. The minimum Gasteiger partial charge on any atom is -0.507 e. The molecule has 0 saturated heterocycles. The molecule has 0 aliphatic carbocycles. The summed E-state index contributed by atoms with van der Waals surface area (Å²) in [5.41, 5.74) is -2.60. The van der Waals surface area contributed by atoms with E-state index in [9.17, 15) is 39.6 Å². The molecule has 1 aliphatic rings. The molecule has 2 aromatic rings. The summed E-state index contributed by atoms with van der Waals surface area (Å²) in [7, 11) is 0. The van der Waals surface area contributed by atoms with Crippen molar-refractivity contribution in [1.82, 2.24) is 0 Å². The summed E-state index contributed by atoms with van der Waals surface area (Å²) in [4.78, 5) is 47.1. The van der Waals surface area contributed by atoms with Crippen molar-refractivity contribution < 1.29 is 49.1 Å². The molecule has 0 atom stereocenters. The molecule has 28 heavy (non-hydrogen) atoms. The zero-order chi connectivity index (χ0) is 20.7. The monoisotopic (exact) mass is 388 g/mol. The van der Waals surface area contributed by atoms with E-state index in [1.165, 1.54) is 6.92 Å². The molecule has 10 nitrogen and oxygen atoms in total. The average molecular weight is 388 g/mol. The molecule has 1 aliphatic heterocycles. The van der Waals surface area contributed by atoms with Crippen LogP contribution in [0.1, 0.15) is 52.6 Å². The number of aromatic hydroxyl groups is 2. The van der Waals surface area contributed by atoms with Crippen molar-refractivity contribution in [1.29, 1.82) is 0 Å². The van der Waals surface area contributed by atoms with Gasteiger partial charge in [-0.05, 0) is 18.6 Å². The number of carboxylic acids is 1. The lowest BCUT2D eigenvalue weighted by Gasteiger charge is -2.17. The number of phenols is 2. The number of hydrogen-bond acceptors (Lipinski definition) is 9. The zero-order valence-corrected chi connectivity index (χ0v) is 14.2. The fourth-order valence-corrected chi connectivity index (χ4v) is 2.95. The van der Waals surface area contributed by atoms with Gasteiger partial charge in [0.1, 0.15) is 22.6 Å². The van der Waals surface area contributed by atoms with E-state index in [4.69, 9.17) is 9.47 Å². The van der Waals surface area contributed by atoms with E-state index in [1.54, 1.807) is 0 Å². The van der Waals surface area contributed by atoms with Crippen LogP contribution in [0.4, 0.5) is 0 Å². The maximum Gasteiger partial charge on any atom is 0.347 e. The summed E-state index contributed by atoms with van der Waals surface area (Å²) in [6.45, 7) is 0.465. The number of carbonyl (C=O) groups is 4. The van der Waals surface area contributed by atoms with Gasteiger partial charge in [0, 0.05) is 0 Å². The molecule has 144 valence electrons. The van der Waals surface area contributed by atoms with Gasteiger partial charge < -0.3 is 29.9 Å². The average Bonchev–Trinajstić information content (AvgIpc) is 2.77. The van der Waals surface area contributed by atoms with E-state index in [1.807, 2.05) is 0 Å². The lowest BCUT2D eigenvalue weighted by molar-refractivity contribution is 0.0689. The van der Waals surface area contributed by atoms with Crippen LogP contribution in [0.5, 0.6) is 28.7 Å². The van der Waals surface area contributed by atoms with Crippen LogP contribution in [0, 0.1) is 6.92 Å². The number of benzene rings is 2. The van der Waals surface area contributed by atoms with Crippen molar-refractivity contribution in [3.05, 3.63) is 39.4 Å². The summed E-state index contributed by atoms with van der Waals surface area (Å²) in [6.07, 6.45) is 0.260. The number of aldehydes is 2. The largest absolute Gasteiger partial charge is 0.507 e. The van der Waals surface area contributed by atoms with E-state index in [0.717, 1.165) is 6.07 Å². The molecule has 0 bridgehead atoms. The predicted molar refractivity (Wildman–Crippen MR) is 89.6 cm³/mol. The number of esters is 1. The van der Waals surface area contributed by atoms with Gasteiger partial charge in [0.15, 0.2) is 29.8 Å². The molecule has 0 unspecified atom stereocenters. The number of aromatic carboxylic acids is 1. The van der Waals surface area contributed by atoms with Crippen LogP contribution in [0.25, 0.3) is 0 Å². The first-order chi connectivity index (χ1) is 13.3. The Morgan fingerprint density at radius 3 is 2.25 bits per heavy atom. The smallest absolute Gasteiger partial charge is 0.347 e. The second kappa shape index (κ2) is 6.67. The molecular weight excluding hydrogens is 376 g/mol. The molecule has 1 heterocycles. The highest BCUT2D eigenvalue weighted by Gasteiger charge is 2.36. The van der Waals surface area contributed by atoms with Gasteiger partial charge in [0.25, 0.3) is 0 Å². The molecule has 0 fully saturated rings. The van der Waals surface area contributed by atoms with E-state index in [0.29, 0.717) is 0 Å². The van der Waals surface area contributed by atoms with Crippen molar-refractivity contribution in [2.24, 2.45) is 0 Å². The van der Waals surface area contributed by atoms with Crippen molar-refractivity contribution >= 4 is 24.5 Å². The lowest BCUT2D eigenvalue weighted by atomic mass is 10.00. The lowest BCUT2D eigenvalue weighted by Crippen LogP contribution is -2.12. The first-order valence-electron chi connectivity index (χ1n) is 7.69. The Balaban J connectivity index is 2.48. The van der Waals surface area contributed by atoms with Crippen molar-refractivity contribution in [3.63, 3.8) is 0 Å². The van der Waals surface area contributed by atoms with E-state index < -0.39 is 69.5 Å². The molecule has 0 spiro atoms. The number of carbonyl (C=O) groups excluding carboxylic acids is 3. The van der Waals surface area contributed by atoms with Gasteiger partial charge in [0.2, 0.25) is 0 Å². The summed E-state index contributed by atoms with van der Waals surface area (Å²) in [5, 5.41) is 39.1. The molecule has 4 N–H and O–H groups in total. The molecular formula is C18H12O10. The Bertz CT molecular complexity index is 1070. The number of ether oxygens (including phenoxy) is 2. The first kappa shape index (κ1) is 18.9. The minimum absolute atomic E-state index is 0.0538. The Kier molecular flexibility index (Phi) is 4.49. The number of phenolic OH excluding ortho intramolecular Hbond substituents is 1. The number of aryl methyl sites for hydroxylation is 1. The summed E-state index contributed by atoms with van der Waals surface area (Å²) >= 11 is 0. The molecule has 0 amide bonds. The van der Waals surface area contributed by atoms with Gasteiger partial charge >= 0.3 is 11.9 Å². The van der Waals surface area contributed by atoms with E-state index in [2.05, 4.69) is 0 Å². The van der Waals surface area contributed by atoms with Gasteiger partial charge in [0.05, 0.1) is 23.3 Å². The van der Waals surface area contributed by atoms with Crippen molar-refractivity contribution in [2.75, 3.05) is 0 Å². The molecule has 0 saturated carbocycles. The fraction of sp³-hybridized carbons (Fsp3) is 0.111. The summed E-state index contributed by atoms with van der Waals surface area (Å²) < 4.78 is 10.7. The van der Waals surface area contributed by atoms with Gasteiger partial charge in [-0.3, -0.25) is 9.59 Å². The third kappa shape index (κ3) is 2.55. The Morgan fingerprint density at radius 2 is 1.71 bits per heavy atom. The maximum absolute atomic E-state index is 12.6. The van der Waals surface area contributed by atoms with Crippen LogP contribution in [0.3, 0.4) is 0 Å². The van der Waals surface area contributed by atoms with Gasteiger partial charge in [-0.15, -0.1) is 0 Å². The SMILES string of the molecule is Cc1cc(O)c(C=O)c2c1C(=O)Oc1c(CO)c(O)c(C(=O)O)c(C=O)c1O2. The van der Waals surface area contributed by atoms with E-state index >= 15 is 0 Å². The fourth-order valence-electron chi connectivity index (χ4n) is 2.95. The predicted octanol–water partition coefficient (Wildman–Crippen LogP) is 1.55. The topological polar surface area (TPSA) is 168 Å². The summed E-state index contributed by atoms with van der Waals surface area (Å²) in [5.74, 6) is -5.91. The van der Waals surface area contributed by atoms with Crippen LogP contribution in [-0.4, -0.2) is 44.9 Å². The van der Waals surface area contributed by atoms with Gasteiger partial charge in [-0.2, -0.15) is 0 Å². The molecule has 10 heteroatoms. The minimum atomic E-state index is -1.71. The van der Waals surface area contributed by atoms with Crippen molar-refractivity contribution in [3.8, 4) is 28.7 Å². The number of hydrogen-bond donors (Lipinski definition) is 4. The van der Waals surface area contributed by atoms with E-state index in [-0.39, 0.29) is 23.7 Å². The van der Waals surface area contributed by atoms with Crippen LogP contribution in [0.2, 0.25) is 0 Å². The number of aliphatic hydroxyl groups is 1. The third-order valence-electron chi connectivity index (χ3n) is 4.22. The molecule has 2 aromatic carbocycles. The van der Waals surface area contributed by atoms with Crippen LogP contribution in [-0.2, 0) is 6.61 Å². The number of carboxylic acid groups (broad SMARTS) is 1. The second-order valence-corrected chi connectivity index (χ2v) is 5.80. The van der Waals surface area contributed by atoms with Crippen LogP contribution >= 0.6 is 0 Å². The Morgan fingerprint density at radius 1 is 1.07 bits per heavy atom. The zero-order valence-electron chi connectivity index (χ0n) is 14.2. The Labute approximate surface area is 156 Å². The van der Waals surface area contributed by atoms with Gasteiger partial charge in [-0.1, -0.05) is 0 Å². The highest BCUT2D eigenvalue weighted by Crippen LogP contribution is 2.49. The highest BCUT2D eigenvalue weighted by molar-refractivity contribution is 6.06. The number of fused-ring (bicyclic) bond motifs is 2. The second-order valence-electron chi connectivity index (χ2n) is 5.80. The molecule has 0 aromatic heterocycles. The quantitative estimate of drug-likeness (QED) is 0.342. The number of rotatable bonds is 4. The molecule has 0 radical (unpaired) electrons. The first-order valence-corrected chi connectivity index (χ1v) is 7.69. The Hall–Kier alpha value is -3.92.